The molecule has 0 saturated carbocycles. The highest BCUT2D eigenvalue weighted by Gasteiger charge is 2.31. The minimum Gasteiger partial charge on any atom is -0.361 e. The average molecular weight is 409 g/mol. The number of benzene rings is 1. The minimum absolute atomic E-state index is 0.0413. The number of nitrogens with one attached hydrogen (secondary N) is 1. The second-order valence-electron chi connectivity index (χ2n) is 6.16. The summed E-state index contributed by atoms with van der Waals surface area (Å²) in [5.41, 5.74) is -0.358. The van der Waals surface area contributed by atoms with Crippen molar-refractivity contribution in [2.75, 3.05) is 5.32 Å². The molecule has 1 amide bonds. The third-order valence-corrected chi connectivity index (χ3v) is 4.11. The predicted octanol–water partition coefficient (Wildman–Crippen LogP) is 3.72. The molecule has 29 heavy (non-hydrogen) atoms. The van der Waals surface area contributed by atoms with Crippen molar-refractivity contribution in [1.82, 2.24) is 14.9 Å². The number of nitro groups is 1. The maximum Gasteiger partial charge on any atom is 0.416 e. The topological polar surface area (TPSA) is 116 Å². The lowest BCUT2D eigenvalue weighted by molar-refractivity contribution is -0.389. The van der Waals surface area contributed by atoms with Gasteiger partial charge in [-0.25, -0.2) is 0 Å². The van der Waals surface area contributed by atoms with Crippen molar-refractivity contribution in [3.05, 3.63) is 68.7 Å². The van der Waals surface area contributed by atoms with Crippen LogP contribution in [0.5, 0.6) is 0 Å². The second-order valence-corrected chi connectivity index (χ2v) is 6.16. The first-order valence-electron chi connectivity index (χ1n) is 8.19. The normalized spacial score (nSPS) is 11.5. The fourth-order valence-electron chi connectivity index (χ4n) is 2.61. The highest BCUT2D eigenvalue weighted by atomic mass is 19.4. The fraction of sp³-hybridized carbons (Fsp3) is 0.235. The van der Waals surface area contributed by atoms with E-state index in [1.54, 1.807) is 6.92 Å². The minimum atomic E-state index is -4.55. The number of anilines is 1. The van der Waals surface area contributed by atoms with E-state index in [4.69, 9.17) is 4.52 Å². The highest BCUT2D eigenvalue weighted by molar-refractivity contribution is 6.03. The van der Waals surface area contributed by atoms with Crippen molar-refractivity contribution in [3.63, 3.8) is 0 Å². The third kappa shape index (κ3) is 4.25. The summed E-state index contributed by atoms with van der Waals surface area (Å²) in [6.45, 7) is 3.10. The van der Waals surface area contributed by atoms with Crippen LogP contribution in [-0.4, -0.2) is 25.8 Å². The van der Waals surface area contributed by atoms with Gasteiger partial charge in [0.1, 0.15) is 5.76 Å². The molecule has 2 heterocycles. The van der Waals surface area contributed by atoms with Crippen LogP contribution in [0.3, 0.4) is 0 Å². The molecule has 0 atom stereocenters. The summed E-state index contributed by atoms with van der Waals surface area (Å²) < 4.78 is 44.8. The van der Waals surface area contributed by atoms with E-state index < -0.39 is 22.6 Å². The van der Waals surface area contributed by atoms with Gasteiger partial charge >= 0.3 is 12.0 Å². The first-order valence-corrected chi connectivity index (χ1v) is 8.19. The Kier molecular flexibility index (Phi) is 5.10. The summed E-state index contributed by atoms with van der Waals surface area (Å²) >= 11 is 0. The number of nitrogens with zero attached hydrogens (tertiary/aromatic N) is 4. The molecule has 0 unspecified atom stereocenters. The lowest BCUT2D eigenvalue weighted by Gasteiger charge is -2.09. The molecule has 0 aliphatic rings. The predicted molar refractivity (Wildman–Crippen MR) is 93.4 cm³/mol. The Morgan fingerprint density at radius 3 is 2.66 bits per heavy atom. The largest absolute Gasteiger partial charge is 0.416 e. The average Bonchev–Trinajstić information content (AvgIpc) is 3.18. The van der Waals surface area contributed by atoms with E-state index in [0.29, 0.717) is 11.3 Å². The van der Waals surface area contributed by atoms with E-state index in [0.717, 1.165) is 12.1 Å². The number of halogens is 3. The lowest BCUT2D eigenvalue weighted by Crippen LogP contribution is -2.17. The van der Waals surface area contributed by atoms with Gasteiger partial charge in [-0.05, 0) is 37.0 Å². The summed E-state index contributed by atoms with van der Waals surface area (Å²) in [6.07, 6.45) is -4.55. The molecule has 0 fully saturated rings. The zero-order chi connectivity index (χ0) is 21.3. The number of alkyl halides is 3. The number of carbonyl (C=O) groups is 1. The van der Waals surface area contributed by atoms with Gasteiger partial charge in [0, 0.05) is 5.69 Å². The van der Waals surface area contributed by atoms with Crippen LogP contribution in [0.2, 0.25) is 0 Å². The third-order valence-electron chi connectivity index (χ3n) is 4.11. The molecule has 0 radical (unpaired) electrons. The molecule has 0 spiro atoms. The van der Waals surface area contributed by atoms with Gasteiger partial charge in [-0.3, -0.25) is 4.79 Å². The summed E-state index contributed by atoms with van der Waals surface area (Å²) in [5.74, 6) is -0.862. The van der Waals surface area contributed by atoms with Crippen molar-refractivity contribution in [1.29, 1.82) is 0 Å². The molecule has 0 aliphatic heterocycles. The molecular formula is C17H14F3N5O4. The Morgan fingerprint density at radius 1 is 1.31 bits per heavy atom. The molecule has 3 aromatic rings. The standard InChI is InChI=1S/C17H14F3N5O4/c1-9-6-14(25(27)28)22-24(9)8-13-10(2)29-23-15(13)16(26)21-12-5-3-4-11(7-12)17(18,19)20/h3-7H,8H2,1-2H3,(H,21,26). The van der Waals surface area contributed by atoms with Gasteiger partial charge in [0.05, 0.1) is 34.5 Å². The summed E-state index contributed by atoms with van der Waals surface area (Å²) in [7, 11) is 0. The summed E-state index contributed by atoms with van der Waals surface area (Å²) in [4.78, 5) is 22.8. The van der Waals surface area contributed by atoms with Crippen molar-refractivity contribution in [2.45, 2.75) is 26.6 Å². The number of rotatable bonds is 5. The van der Waals surface area contributed by atoms with E-state index >= 15 is 0 Å². The van der Waals surface area contributed by atoms with Crippen molar-refractivity contribution >= 4 is 17.4 Å². The van der Waals surface area contributed by atoms with Gasteiger partial charge in [-0.15, -0.1) is 0 Å². The molecule has 0 saturated heterocycles. The zero-order valence-corrected chi connectivity index (χ0v) is 15.1. The van der Waals surface area contributed by atoms with E-state index in [1.165, 1.54) is 29.8 Å². The van der Waals surface area contributed by atoms with Crippen molar-refractivity contribution in [3.8, 4) is 0 Å². The second kappa shape index (κ2) is 7.37. The molecule has 12 heteroatoms. The van der Waals surface area contributed by atoms with E-state index in [-0.39, 0.29) is 29.5 Å². The van der Waals surface area contributed by atoms with Crippen LogP contribution in [0.1, 0.15) is 33.1 Å². The number of carbonyl (C=O) groups excluding carboxylic acids is 1. The van der Waals surface area contributed by atoms with Crippen LogP contribution in [0.25, 0.3) is 0 Å². The number of amides is 1. The molecule has 1 aromatic carbocycles. The van der Waals surface area contributed by atoms with Crippen LogP contribution >= 0.6 is 0 Å². The Bertz CT molecular complexity index is 1090. The number of hydrogen-bond donors (Lipinski definition) is 1. The van der Waals surface area contributed by atoms with Crippen LogP contribution in [0, 0.1) is 24.0 Å². The van der Waals surface area contributed by atoms with Crippen LogP contribution in [0.15, 0.2) is 34.9 Å². The molecule has 3 rings (SSSR count). The molecule has 0 aliphatic carbocycles. The molecule has 2 aromatic heterocycles. The van der Waals surface area contributed by atoms with Gasteiger partial charge < -0.3 is 20.0 Å². The molecule has 0 bridgehead atoms. The first-order chi connectivity index (χ1) is 13.6. The summed E-state index contributed by atoms with van der Waals surface area (Å²) in [5, 5.41) is 20.7. The number of hydrogen-bond acceptors (Lipinski definition) is 6. The van der Waals surface area contributed by atoms with Crippen LogP contribution in [0.4, 0.5) is 24.7 Å². The van der Waals surface area contributed by atoms with E-state index in [1.807, 2.05) is 0 Å². The van der Waals surface area contributed by atoms with E-state index in [9.17, 15) is 28.1 Å². The van der Waals surface area contributed by atoms with Gasteiger partial charge in [0.2, 0.25) is 0 Å². The molecule has 9 nitrogen and oxygen atoms in total. The van der Waals surface area contributed by atoms with Gasteiger partial charge in [-0.2, -0.15) is 17.9 Å². The summed E-state index contributed by atoms with van der Waals surface area (Å²) in [6, 6.07) is 5.42. The Balaban J connectivity index is 1.86. The quantitative estimate of drug-likeness (QED) is 0.507. The molecular weight excluding hydrogens is 395 g/mol. The van der Waals surface area contributed by atoms with Gasteiger partial charge in [0.15, 0.2) is 5.69 Å². The first kappa shape index (κ1) is 20.0. The van der Waals surface area contributed by atoms with Gasteiger partial charge in [0.25, 0.3) is 5.91 Å². The number of aromatic nitrogens is 3. The zero-order valence-electron chi connectivity index (χ0n) is 15.1. The van der Waals surface area contributed by atoms with Crippen LogP contribution in [-0.2, 0) is 12.7 Å². The van der Waals surface area contributed by atoms with E-state index in [2.05, 4.69) is 15.6 Å². The maximum atomic E-state index is 12.8. The maximum absolute atomic E-state index is 12.8. The smallest absolute Gasteiger partial charge is 0.361 e. The molecule has 1 N–H and O–H groups in total. The van der Waals surface area contributed by atoms with Crippen molar-refractivity contribution in [2.24, 2.45) is 0 Å². The molecule has 152 valence electrons. The SMILES string of the molecule is Cc1onc(C(=O)Nc2cccc(C(F)(F)F)c2)c1Cn1nc([N+](=O)[O-])cc1C. The Hall–Kier alpha value is -3.70. The Morgan fingerprint density at radius 2 is 2.03 bits per heavy atom. The monoisotopic (exact) mass is 409 g/mol. The van der Waals surface area contributed by atoms with Crippen molar-refractivity contribution < 1.29 is 27.4 Å². The number of aryl methyl sites for hydroxylation is 2. The van der Waals surface area contributed by atoms with Gasteiger partial charge in [-0.1, -0.05) is 11.2 Å². The fourth-order valence-corrected chi connectivity index (χ4v) is 2.61. The lowest BCUT2D eigenvalue weighted by atomic mass is 10.1. The highest BCUT2D eigenvalue weighted by Crippen LogP contribution is 2.31. The van der Waals surface area contributed by atoms with Crippen LogP contribution < -0.4 is 5.32 Å². The Labute approximate surface area is 161 Å².